The molecule has 0 unspecified atom stereocenters. The number of carboxylic acid groups (broad SMARTS) is 1. The summed E-state index contributed by atoms with van der Waals surface area (Å²) in [6, 6.07) is 8.07. The number of benzene rings is 1. The minimum absolute atomic E-state index is 0.719. The van der Waals surface area contributed by atoms with Crippen molar-refractivity contribution in [1.29, 1.82) is 0 Å². The summed E-state index contributed by atoms with van der Waals surface area (Å²) in [5, 5.41) is 8.62. The molecule has 2 rings (SSSR count). The standard InChI is InChI=1S/C17H24N2O2/c1-14(2)13-18-9-11-19(12-10-18)16-6-3-15(4-7-16)5-8-17(20)21/h3-8,14H,9-13H2,1-2H3,(H,20,21). The molecular formula is C17H24N2O2. The highest BCUT2D eigenvalue weighted by atomic mass is 16.4. The minimum Gasteiger partial charge on any atom is -0.478 e. The van der Waals surface area contributed by atoms with Crippen molar-refractivity contribution in [2.24, 2.45) is 5.92 Å². The second kappa shape index (κ2) is 7.27. The van der Waals surface area contributed by atoms with Gasteiger partial charge in [-0.05, 0) is 29.7 Å². The Hall–Kier alpha value is -1.81. The molecule has 0 amide bonds. The van der Waals surface area contributed by atoms with E-state index in [0.29, 0.717) is 0 Å². The molecule has 114 valence electrons. The number of rotatable bonds is 5. The first-order chi connectivity index (χ1) is 10.0. The second-order valence-electron chi connectivity index (χ2n) is 5.94. The van der Waals surface area contributed by atoms with Gasteiger partial charge < -0.3 is 10.0 Å². The number of aliphatic carboxylic acids is 1. The van der Waals surface area contributed by atoms with E-state index in [1.165, 1.54) is 18.3 Å². The zero-order valence-corrected chi connectivity index (χ0v) is 12.8. The molecular weight excluding hydrogens is 264 g/mol. The Labute approximate surface area is 126 Å². The zero-order chi connectivity index (χ0) is 15.2. The van der Waals surface area contributed by atoms with Gasteiger partial charge in [0.15, 0.2) is 0 Å². The molecule has 4 nitrogen and oxygen atoms in total. The van der Waals surface area contributed by atoms with Gasteiger partial charge in [0, 0.05) is 44.5 Å². The molecule has 1 N–H and O–H groups in total. The molecule has 0 aliphatic carbocycles. The van der Waals surface area contributed by atoms with Crippen LogP contribution in [0.5, 0.6) is 0 Å². The Bertz CT molecular complexity index is 486. The van der Waals surface area contributed by atoms with Crippen LogP contribution in [0.15, 0.2) is 30.3 Å². The largest absolute Gasteiger partial charge is 0.478 e. The van der Waals surface area contributed by atoms with Crippen LogP contribution < -0.4 is 4.90 Å². The SMILES string of the molecule is CC(C)CN1CCN(c2ccc(C=CC(=O)O)cc2)CC1. The number of carboxylic acids is 1. The van der Waals surface area contributed by atoms with Crippen molar-refractivity contribution in [3.8, 4) is 0 Å². The highest BCUT2D eigenvalue weighted by Gasteiger charge is 2.17. The van der Waals surface area contributed by atoms with Crippen LogP contribution in [0.3, 0.4) is 0 Å². The minimum atomic E-state index is -0.916. The van der Waals surface area contributed by atoms with Crippen molar-refractivity contribution >= 4 is 17.7 Å². The number of carbonyl (C=O) groups is 1. The predicted octanol–water partition coefficient (Wildman–Crippen LogP) is 2.56. The average Bonchev–Trinajstić information content (AvgIpc) is 2.46. The summed E-state index contributed by atoms with van der Waals surface area (Å²) in [5.74, 6) is -0.197. The van der Waals surface area contributed by atoms with Crippen LogP contribution in [-0.2, 0) is 4.79 Å². The lowest BCUT2D eigenvalue weighted by molar-refractivity contribution is -0.131. The number of piperazine rings is 1. The summed E-state index contributed by atoms with van der Waals surface area (Å²) in [6.07, 6.45) is 2.78. The lowest BCUT2D eigenvalue weighted by Gasteiger charge is -2.36. The number of anilines is 1. The first kappa shape index (κ1) is 15.6. The van der Waals surface area contributed by atoms with Gasteiger partial charge in [-0.15, -0.1) is 0 Å². The third-order valence-corrected chi connectivity index (χ3v) is 3.67. The quantitative estimate of drug-likeness (QED) is 0.846. The summed E-state index contributed by atoms with van der Waals surface area (Å²) in [6.45, 7) is 10.0. The fraction of sp³-hybridized carbons (Fsp3) is 0.471. The number of hydrogen-bond acceptors (Lipinski definition) is 3. The molecule has 0 spiro atoms. The maximum atomic E-state index is 10.5. The van der Waals surface area contributed by atoms with E-state index in [0.717, 1.165) is 37.7 Å². The molecule has 21 heavy (non-hydrogen) atoms. The Morgan fingerprint density at radius 3 is 2.33 bits per heavy atom. The van der Waals surface area contributed by atoms with E-state index in [1.807, 2.05) is 12.1 Å². The monoisotopic (exact) mass is 288 g/mol. The maximum Gasteiger partial charge on any atom is 0.328 e. The lowest BCUT2D eigenvalue weighted by Crippen LogP contribution is -2.47. The second-order valence-corrected chi connectivity index (χ2v) is 5.94. The van der Waals surface area contributed by atoms with E-state index in [-0.39, 0.29) is 0 Å². The highest BCUT2D eigenvalue weighted by molar-refractivity contribution is 5.85. The molecule has 1 aromatic carbocycles. The fourth-order valence-electron chi connectivity index (χ4n) is 2.67. The van der Waals surface area contributed by atoms with Crippen LogP contribution >= 0.6 is 0 Å². The molecule has 0 radical (unpaired) electrons. The predicted molar refractivity (Wildman–Crippen MR) is 86.6 cm³/mol. The van der Waals surface area contributed by atoms with Gasteiger partial charge in [-0.25, -0.2) is 4.79 Å². The van der Waals surface area contributed by atoms with Crippen LogP contribution in [0.2, 0.25) is 0 Å². The van der Waals surface area contributed by atoms with Crippen molar-refractivity contribution < 1.29 is 9.90 Å². The van der Waals surface area contributed by atoms with Crippen LogP contribution in [0.1, 0.15) is 19.4 Å². The summed E-state index contributed by atoms with van der Waals surface area (Å²) in [5.41, 5.74) is 2.13. The van der Waals surface area contributed by atoms with E-state index >= 15 is 0 Å². The molecule has 1 aliphatic rings. The maximum absolute atomic E-state index is 10.5. The molecule has 1 fully saturated rings. The topological polar surface area (TPSA) is 43.8 Å². The summed E-state index contributed by atoms with van der Waals surface area (Å²) in [4.78, 5) is 15.4. The highest BCUT2D eigenvalue weighted by Crippen LogP contribution is 2.18. The normalized spacial score (nSPS) is 16.8. The molecule has 1 heterocycles. The van der Waals surface area contributed by atoms with Crippen molar-refractivity contribution in [1.82, 2.24) is 4.90 Å². The summed E-state index contributed by atoms with van der Waals surface area (Å²) < 4.78 is 0. The molecule has 1 aromatic rings. The Morgan fingerprint density at radius 2 is 1.81 bits per heavy atom. The van der Waals surface area contributed by atoms with Gasteiger partial charge >= 0.3 is 5.97 Å². The summed E-state index contributed by atoms with van der Waals surface area (Å²) in [7, 11) is 0. The third kappa shape index (κ3) is 4.90. The lowest BCUT2D eigenvalue weighted by atomic mass is 10.1. The molecule has 1 aliphatic heterocycles. The van der Waals surface area contributed by atoms with E-state index in [1.54, 1.807) is 6.08 Å². The van der Waals surface area contributed by atoms with Gasteiger partial charge in [0.05, 0.1) is 0 Å². The molecule has 0 bridgehead atoms. The molecule has 4 heteroatoms. The van der Waals surface area contributed by atoms with Crippen LogP contribution in [0.4, 0.5) is 5.69 Å². The van der Waals surface area contributed by atoms with E-state index in [2.05, 4.69) is 35.8 Å². The van der Waals surface area contributed by atoms with Crippen molar-refractivity contribution in [3.05, 3.63) is 35.9 Å². The van der Waals surface area contributed by atoms with E-state index < -0.39 is 5.97 Å². The number of nitrogens with zero attached hydrogens (tertiary/aromatic N) is 2. The van der Waals surface area contributed by atoms with E-state index in [4.69, 9.17) is 5.11 Å². The smallest absolute Gasteiger partial charge is 0.328 e. The van der Waals surface area contributed by atoms with Crippen LogP contribution in [0, 0.1) is 5.92 Å². The van der Waals surface area contributed by atoms with Gasteiger partial charge in [-0.1, -0.05) is 26.0 Å². The molecule has 0 aromatic heterocycles. The van der Waals surface area contributed by atoms with Crippen LogP contribution in [0.25, 0.3) is 6.08 Å². The zero-order valence-electron chi connectivity index (χ0n) is 12.8. The van der Waals surface area contributed by atoms with E-state index in [9.17, 15) is 4.79 Å². The Morgan fingerprint density at radius 1 is 1.19 bits per heavy atom. The summed E-state index contributed by atoms with van der Waals surface area (Å²) >= 11 is 0. The van der Waals surface area contributed by atoms with Gasteiger partial charge in [-0.2, -0.15) is 0 Å². The van der Waals surface area contributed by atoms with Gasteiger partial charge in [0.1, 0.15) is 0 Å². The molecule has 0 atom stereocenters. The van der Waals surface area contributed by atoms with Crippen molar-refractivity contribution in [2.75, 3.05) is 37.6 Å². The Balaban J connectivity index is 1.90. The van der Waals surface area contributed by atoms with Gasteiger partial charge in [0.25, 0.3) is 0 Å². The van der Waals surface area contributed by atoms with Crippen LogP contribution in [-0.4, -0.2) is 48.7 Å². The third-order valence-electron chi connectivity index (χ3n) is 3.67. The first-order valence-corrected chi connectivity index (χ1v) is 7.53. The van der Waals surface area contributed by atoms with Gasteiger partial charge in [-0.3, -0.25) is 4.90 Å². The molecule has 1 saturated heterocycles. The molecule has 0 saturated carbocycles. The fourth-order valence-corrected chi connectivity index (χ4v) is 2.67. The Kier molecular flexibility index (Phi) is 5.39. The van der Waals surface area contributed by atoms with Gasteiger partial charge in [0.2, 0.25) is 0 Å². The number of hydrogen-bond donors (Lipinski definition) is 1. The van der Waals surface area contributed by atoms with Crippen molar-refractivity contribution in [3.63, 3.8) is 0 Å². The van der Waals surface area contributed by atoms with Crippen molar-refractivity contribution in [2.45, 2.75) is 13.8 Å². The first-order valence-electron chi connectivity index (χ1n) is 7.53. The average molecular weight is 288 g/mol.